The molecule has 0 bridgehead atoms. The van der Waals surface area contributed by atoms with E-state index in [1.54, 1.807) is 0 Å². The fraction of sp³-hybridized carbons (Fsp3) is 0.324. The van der Waals surface area contributed by atoms with Crippen molar-refractivity contribution in [2.45, 2.75) is 78.1 Å². The number of fused-ring (bicyclic) bond motifs is 2. The Bertz CT molecular complexity index is 1970. The smallest absolute Gasteiger partial charge is 0.164 e. The van der Waals surface area contributed by atoms with Gasteiger partial charge in [-0.2, -0.15) is 8.75 Å². The molecule has 0 saturated heterocycles. The predicted octanol–water partition coefficient (Wildman–Crippen LogP) is 10.6. The summed E-state index contributed by atoms with van der Waals surface area (Å²) in [6, 6.07) is 19.6. The monoisotopic (exact) mass is 621 g/mol. The van der Waals surface area contributed by atoms with Crippen LogP contribution in [0.5, 0.6) is 0 Å². The van der Waals surface area contributed by atoms with Gasteiger partial charge in [-0.3, -0.25) is 4.98 Å². The van der Waals surface area contributed by atoms with E-state index in [-0.39, 0.29) is 34.8 Å². The Morgan fingerprint density at radius 1 is 0.600 bits per heavy atom. The highest BCUT2D eigenvalue weighted by atomic mass is 32.1. The largest absolute Gasteiger partial charge is 0.258 e. The van der Waals surface area contributed by atoms with Crippen LogP contribution in [0.1, 0.15) is 100 Å². The molecule has 0 N–H and O–H groups in total. The standard InChI is InChI=1S/C37H37F2N5S/c1-20(2)27-29(38)30(39)28(23(6)18-17-22(5)26-19-40-31(21(3)4)37-34(26)43-45-44-37)36-35(27)41-32(24-13-9-7-10-14-24)33(42-36)25-15-11-8-12-16-25/h7-16,19-23H,17-18H2,1-6H3. The molecule has 0 spiro atoms. The van der Waals surface area contributed by atoms with Crippen LogP contribution in [0.2, 0.25) is 0 Å². The lowest BCUT2D eigenvalue weighted by Crippen LogP contribution is -2.11. The molecule has 3 aromatic heterocycles. The molecule has 0 aliphatic carbocycles. The third-order valence-corrected chi connectivity index (χ3v) is 9.22. The Morgan fingerprint density at radius 3 is 1.67 bits per heavy atom. The van der Waals surface area contributed by atoms with Gasteiger partial charge < -0.3 is 0 Å². The first-order valence-corrected chi connectivity index (χ1v) is 16.3. The average Bonchev–Trinajstić information content (AvgIpc) is 3.54. The van der Waals surface area contributed by atoms with Gasteiger partial charge in [0.05, 0.1) is 39.8 Å². The van der Waals surface area contributed by atoms with Crippen molar-refractivity contribution in [1.82, 2.24) is 23.7 Å². The molecule has 0 aliphatic heterocycles. The third kappa shape index (κ3) is 5.72. The maximum Gasteiger partial charge on any atom is 0.164 e. The molecule has 3 heterocycles. The van der Waals surface area contributed by atoms with E-state index in [1.165, 1.54) is 11.7 Å². The third-order valence-electron chi connectivity index (χ3n) is 8.69. The molecule has 45 heavy (non-hydrogen) atoms. The summed E-state index contributed by atoms with van der Waals surface area (Å²) in [5.74, 6) is -1.94. The highest BCUT2D eigenvalue weighted by molar-refractivity contribution is 7.00. The summed E-state index contributed by atoms with van der Waals surface area (Å²) < 4.78 is 41.3. The summed E-state index contributed by atoms with van der Waals surface area (Å²) in [5, 5.41) is 0. The summed E-state index contributed by atoms with van der Waals surface area (Å²) >= 11 is 1.20. The van der Waals surface area contributed by atoms with Crippen molar-refractivity contribution in [2.75, 3.05) is 0 Å². The minimum absolute atomic E-state index is 0.0947. The zero-order chi connectivity index (χ0) is 31.8. The Hall–Kier alpha value is -4.17. The fourth-order valence-electron chi connectivity index (χ4n) is 6.22. The molecule has 0 radical (unpaired) electrons. The van der Waals surface area contributed by atoms with E-state index in [4.69, 9.17) is 15.0 Å². The zero-order valence-electron chi connectivity index (χ0n) is 26.5. The summed E-state index contributed by atoms with van der Waals surface area (Å²) in [6.45, 7) is 12.0. The van der Waals surface area contributed by atoms with Gasteiger partial charge in [-0.25, -0.2) is 18.7 Å². The second-order valence-electron chi connectivity index (χ2n) is 12.6. The van der Waals surface area contributed by atoms with Crippen LogP contribution in [0.15, 0.2) is 66.9 Å². The zero-order valence-corrected chi connectivity index (χ0v) is 27.3. The summed E-state index contributed by atoms with van der Waals surface area (Å²) in [4.78, 5) is 15.0. The summed E-state index contributed by atoms with van der Waals surface area (Å²) in [6.07, 6.45) is 3.25. The Balaban J connectivity index is 1.46. The molecule has 0 fully saturated rings. The maximum absolute atomic E-state index is 16.2. The Morgan fingerprint density at radius 2 is 1.11 bits per heavy atom. The van der Waals surface area contributed by atoms with Crippen LogP contribution in [-0.2, 0) is 0 Å². The van der Waals surface area contributed by atoms with Gasteiger partial charge in [0.15, 0.2) is 11.6 Å². The van der Waals surface area contributed by atoms with Crippen molar-refractivity contribution < 1.29 is 8.78 Å². The number of aromatic nitrogens is 5. The first kappa shape index (κ1) is 30.8. The van der Waals surface area contributed by atoms with Crippen molar-refractivity contribution in [3.8, 4) is 22.5 Å². The van der Waals surface area contributed by atoms with Gasteiger partial charge in [0.1, 0.15) is 11.0 Å². The molecule has 6 aromatic rings. The van der Waals surface area contributed by atoms with Crippen LogP contribution >= 0.6 is 11.7 Å². The van der Waals surface area contributed by atoms with E-state index >= 15 is 8.78 Å². The van der Waals surface area contributed by atoms with E-state index < -0.39 is 11.6 Å². The van der Waals surface area contributed by atoms with Gasteiger partial charge >= 0.3 is 0 Å². The molecule has 5 nitrogen and oxygen atoms in total. The van der Waals surface area contributed by atoms with Crippen molar-refractivity contribution >= 4 is 33.8 Å². The van der Waals surface area contributed by atoms with Crippen molar-refractivity contribution in [3.63, 3.8) is 0 Å². The number of rotatable bonds is 9. The number of pyridine rings is 1. The highest BCUT2D eigenvalue weighted by Gasteiger charge is 2.29. The molecular formula is C37H37F2N5S. The second kappa shape index (κ2) is 12.7. The van der Waals surface area contributed by atoms with Gasteiger partial charge in [0.2, 0.25) is 0 Å². The molecule has 3 aromatic carbocycles. The molecular weight excluding hydrogens is 585 g/mol. The van der Waals surface area contributed by atoms with Crippen molar-refractivity contribution in [1.29, 1.82) is 0 Å². The number of halogens is 2. The quantitative estimate of drug-likeness (QED) is 0.161. The van der Waals surface area contributed by atoms with Gasteiger partial charge in [-0.15, -0.1) is 0 Å². The van der Waals surface area contributed by atoms with Crippen LogP contribution in [0.3, 0.4) is 0 Å². The van der Waals surface area contributed by atoms with Gasteiger partial charge in [0.25, 0.3) is 0 Å². The number of nitrogens with zero attached hydrogens (tertiary/aromatic N) is 5. The van der Waals surface area contributed by atoms with Gasteiger partial charge in [-0.1, -0.05) is 102 Å². The molecule has 230 valence electrons. The van der Waals surface area contributed by atoms with Gasteiger partial charge in [-0.05, 0) is 36.5 Å². The van der Waals surface area contributed by atoms with Crippen LogP contribution in [0.25, 0.3) is 44.6 Å². The first-order chi connectivity index (χ1) is 21.7. The van der Waals surface area contributed by atoms with E-state index in [1.807, 2.05) is 87.6 Å². The van der Waals surface area contributed by atoms with Crippen LogP contribution in [0, 0.1) is 11.6 Å². The lowest BCUT2D eigenvalue weighted by Gasteiger charge is -2.22. The summed E-state index contributed by atoms with van der Waals surface area (Å²) in [5.41, 5.74) is 8.11. The molecule has 0 amide bonds. The van der Waals surface area contributed by atoms with E-state index in [0.29, 0.717) is 28.8 Å². The van der Waals surface area contributed by atoms with Crippen LogP contribution in [-0.4, -0.2) is 23.7 Å². The number of benzene rings is 3. The fourth-order valence-corrected chi connectivity index (χ4v) is 6.79. The number of hydrogen-bond acceptors (Lipinski definition) is 6. The SMILES string of the molecule is CC(C)c1ncc(C(C)CCC(C)c2c(F)c(F)c(C(C)C)c3nc(-c4ccccc4)c(-c4ccccc4)nc23)c2nsnc12. The first-order valence-electron chi connectivity index (χ1n) is 15.6. The van der Waals surface area contributed by atoms with E-state index in [9.17, 15) is 0 Å². The molecule has 0 saturated carbocycles. The van der Waals surface area contributed by atoms with E-state index in [2.05, 4.69) is 29.5 Å². The van der Waals surface area contributed by atoms with Gasteiger partial charge in [0, 0.05) is 34.0 Å². The summed E-state index contributed by atoms with van der Waals surface area (Å²) in [7, 11) is 0. The highest BCUT2D eigenvalue weighted by Crippen LogP contribution is 2.41. The molecule has 2 atom stereocenters. The average molecular weight is 622 g/mol. The second-order valence-corrected chi connectivity index (χ2v) is 13.1. The lowest BCUT2D eigenvalue weighted by molar-refractivity contribution is 0.472. The lowest BCUT2D eigenvalue weighted by atomic mass is 9.86. The predicted molar refractivity (Wildman–Crippen MR) is 180 cm³/mol. The molecule has 2 unspecified atom stereocenters. The van der Waals surface area contributed by atoms with E-state index in [0.717, 1.165) is 39.8 Å². The Labute approximate surface area is 267 Å². The molecule has 0 aliphatic rings. The normalized spacial score (nSPS) is 13.3. The Kier molecular flexibility index (Phi) is 8.69. The minimum atomic E-state index is -0.836. The topological polar surface area (TPSA) is 64.5 Å². The van der Waals surface area contributed by atoms with Crippen molar-refractivity contribution in [2.24, 2.45) is 0 Å². The minimum Gasteiger partial charge on any atom is -0.258 e. The van der Waals surface area contributed by atoms with Crippen molar-refractivity contribution in [3.05, 3.63) is 101 Å². The number of hydrogen-bond donors (Lipinski definition) is 0. The van der Waals surface area contributed by atoms with Crippen LogP contribution in [0.4, 0.5) is 8.78 Å². The maximum atomic E-state index is 16.2. The molecule has 8 heteroatoms. The van der Waals surface area contributed by atoms with Crippen LogP contribution < -0.4 is 0 Å². The molecule has 6 rings (SSSR count).